The van der Waals surface area contributed by atoms with E-state index in [2.05, 4.69) is 9.80 Å². The Kier molecular flexibility index (Phi) is 4.58. The van der Waals surface area contributed by atoms with Crippen LogP contribution in [-0.4, -0.2) is 47.8 Å². The van der Waals surface area contributed by atoms with Gasteiger partial charge in [-0.2, -0.15) is 0 Å². The number of hydrogen-bond acceptors (Lipinski definition) is 2. The fourth-order valence-electron chi connectivity index (χ4n) is 11.0. The van der Waals surface area contributed by atoms with Crippen LogP contribution in [0.3, 0.4) is 0 Å². The number of hydrogen-bond donors (Lipinski definition) is 0. The minimum absolute atomic E-state index is 0.0346. The van der Waals surface area contributed by atoms with Crippen molar-refractivity contribution < 1.29 is 9.59 Å². The normalized spacial score (nSPS) is 48.9. The third-order valence-electron chi connectivity index (χ3n) is 11.3. The molecule has 0 spiro atoms. The van der Waals surface area contributed by atoms with E-state index < -0.39 is 0 Å². The molecular formula is C28H42N2O2. The van der Waals surface area contributed by atoms with Crippen LogP contribution in [0.25, 0.3) is 0 Å². The second-order valence-corrected chi connectivity index (χ2v) is 13.8. The van der Waals surface area contributed by atoms with Crippen LogP contribution in [0.5, 0.6) is 0 Å². The molecule has 2 amide bonds. The van der Waals surface area contributed by atoms with E-state index in [-0.39, 0.29) is 5.41 Å². The Morgan fingerprint density at radius 3 is 1.56 bits per heavy atom. The van der Waals surface area contributed by atoms with E-state index >= 15 is 0 Å². The lowest BCUT2D eigenvalue weighted by molar-refractivity contribution is -0.157. The fourth-order valence-corrected chi connectivity index (χ4v) is 11.0. The maximum atomic E-state index is 13.8. The van der Waals surface area contributed by atoms with E-state index in [9.17, 15) is 9.59 Å². The van der Waals surface area contributed by atoms with Crippen LogP contribution < -0.4 is 0 Å². The van der Waals surface area contributed by atoms with Gasteiger partial charge in [-0.05, 0) is 124 Å². The third kappa shape index (κ3) is 3.28. The fraction of sp³-hybridized carbons (Fsp3) is 0.929. The standard InChI is InChI=1S/C28H42N2O2/c31-25(18-27-12-19-6-20(13-27)8-21(7-19)14-27)29-2-1-3-30(5-4-29)26(32)28-15-22-9-23(16-28)11-24(10-22)17-28/h19-24H,1-18H2. The van der Waals surface area contributed by atoms with Crippen LogP contribution in [0.15, 0.2) is 0 Å². The molecule has 1 aliphatic heterocycles. The number of carbonyl (C=O) groups is 2. The Morgan fingerprint density at radius 2 is 1.03 bits per heavy atom. The second kappa shape index (κ2) is 7.22. The van der Waals surface area contributed by atoms with Crippen molar-refractivity contribution in [2.75, 3.05) is 26.2 Å². The van der Waals surface area contributed by atoms with Gasteiger partial charge < -0.3 is 9.80 Å². The van der Waals surface area contributed by atoms with Crippen LogP contribution in [0, 0.1) is 46.3 Å². The van der Waals surface area contributed by atoms with Gasteiger partial charge >= 0.3 is 0 Å². The molecule has 4 heteroatoms. The van der Waals surface area contributed by atoms with Crippen LogP contribution >= 0.6 is 0 Å². The van der Waals surface area contributed by atoms with Crippen molar-refractivity contribution in [1.82, 2.24) is 9.80 Å². The lowest BCUT2D eigenvalue weighted by Crippen LogP contribution is -2.55. The van der Waals surface area contributed by atoms with Gasteiger partial charge in [-0.25, -0.2) is 0 Å². The lowest BCUT2D eigenvalue weighted by Gasteiger charge is -2.57. The molecule has 0 aromatic heterocycles. The van der Waals surface area contributed by atoms with Gasteiger partial charge in [0.15, 0.2) is 0 Å². The smallest absolute Gasteiger partial charge is 0.228 e. The van der Waals surface area contributed by atoms with E-state index in [1.165, 1.54) is 57.8 Å². The summed E-state index contributed by atoms with van der Waals surface area (Å²) in [7, 11) is 0. The van der Waals surface area contributed by atoms with Crippen molar-refractivity contribution in [3.8, 4) is 0 Å². The minimum Gasteiger partial charge on any atom is -0.341 e. The molecule has 4 nitrogen and oxygen atoms in total. The molecular weight excluding hydrogens is 396 g/mol. The van der Waals surface area contributed by atoms with Crippen LogP contribution in [0.2, 0.25) is 0 Å². The van der Waals surface area contributed by atoms with Gasteiger partial charge in [0.25, 0.3) is 0 Å². The Hall–Kier alpha value is -1.06. The maximum absolute atomic E-state index is 13.8. The lowest BCUT2D eigenvalue weighted by atomic mass is 9.49. The highest BCUT2D eigenvalue weighted by atomic mass is 16.2. The van der Waals surface area contributed by atoms with E-state index in [1.54, 1.807) is 0 Å². The zero-order chi connectivity index (χ0) is 21.5. The van der Waals surface area contributed by atoms with E-state index in [4.69, 9.17) is 0 Å². The molecule has 9 rings (SSSR count). The van der Waals surface area contributed by atoms with Crippen molar-refractivity contribution in [1.29, 1.82) is 0 Å². The molecule has 8 bridgehead atoms. The summed E-state index contributed by atoms with van der Waals surface area (Å²) in [6.07, 6.45) is 17.7. The van der Waals surface area contributed by atoms with E-state index in [0.717, 1.165) is 93.8 Å². The molecule has 0 aromatic carbocycles. The summed E-state index contributed by atoms with van der Waals surface area (Å²) in [5.41, 5.74) is 0.292. The quantitative estimate of drug-likeness (QED) is 0.631. The van der Waals surface area contributed by atoms with Crippen LogP contribution in [-0.2, 0) is 9.59 Å². The summed E-state index contributed by atoms with van der Waals surface area (Å²) in [6, 6.07) is 0. The number of amides is 2. The molecule has 9 aliphatic rings. The molecule has 1 saturated heterocycles. The average Bonchev–Trinajstić information content (AvgIpc) is 2.97. The predicted molar refractivity (Wildman–Crippen MR) is 124 cm³/mol. The Labute approximate surface area is 193 Å². The first kappa shape index (κ1) is 20.3. The summed E-state index contributed by atoms with van der Waals surface area (Å²) < 4.78 is 0. The molecule has 32 heavy (non-hydrogen) atoms. The molecule has 8 saturated carbocycles. The predicted octanol–water partition coefficient (Wildman–Crippen LogP) is 4.87. The van der Waals surface area contributed by atoms with Gasteiger partial charge in [-0.1, -0.05) is 0 Å². The van der Waals surface area contributed by atoms with Gasteiger partial charge in [0, 0.05) is 32.6 Å². The summed E-state index contributed by atoms with van der Waals surface area (Å²) in [4.78, 5) is 31.6. The topological polar surface area (TPSA) is 40.6 Å². The molecule has 176 valence electrons. The molecule has 1 heterocycles. The van der Waals surface area contributed by atoms with Gasteiger partial charge in [0.2, 0.25) is 11.8 Å². The third-order valence-corrected chi connectivity index (χ3v) is 11.3. The molecule has 0 N–H and O–H groups in total. The highest BCUT2D eigenvalue weighted by Gasteiger charge is 2.56. The minimum atomic E-state index is -0.0346. The van der Waals surface area contributed by atoms with E-state index in [0.29, 0.717) is 17.2 Å². The molecule has 0 atom stereocenters. The molecule has 8 aliphatic carbocycles. The zero-order valence-electron chi connectivity index (χ0n) is 19.9. The highest BCUT2D eigenvalue weighted by molar-refractivity contribution is 5.83. The van der Waals surface area contributed by atoms with Crippen molar-refractivity contribution in [2.45, 2.75) is 89.9 Å². The van der Waals surface area contributed by atoms with Crippen molar-refractivity contribution in [2.24, 2.45) is 46.3 Å². The second-order valence-electron chi connectivity index (χ2n) is 13.8. The molecule has 0 radical (unpaired) electrons. The largest absolute Gasteiger partial charge is 0.341 e. The van der Waals surface area contributed by atoms with Crippen molar-refractivity contribution in [3.05, 3.63) is 0 Å². The Bertz CT molecular complexity index is 733. The highest BCUT2D eigenvalue weighted by Crippen LogP contribution is 2.62. The first-order valence-electron chi connectivity index (χ1n) is 14.0. The molecule has 0 aromatic rings. The monoisotopic (exact) mass is 438 g/mol. The first-order valence-corrected chi connectivity index (χ1v) is 14.0. The summed E-state index contributed by atoms with van der Waals surface area (Å²) >= 11 is 0. The molecule has 0 unspecified atom stereocenters. The van der Waals surface area contributed by atoms with Gasteiger partial charge in [0.1, 0.15) is 0 Å². The maximum Gasteiger partial charge on any atom is 0.228 e. The summed E-state index contributed by atoms with van der Waals surface area (Å²) in [5.74, 6) is 6.04. The van der Waals surface area contributed by atoms with Gasteiger partial charge in [-0.3, -0.25) is 9.59 Å². The van der Waals surface area contributed by atoms with Gasteiger partial charge in [-0.15, -0.1) is 0 Å². The number of rotatable bonds is 3. The number of carbonyl (C=O) groups excluding carboxylic acids is 2. The van der Waals surface area contributed by atoms with Crippen LogP contribution in [0.1, 0.15) is 89.9 Å². The van der Waals surface area contributed by atoms with Gasteiger partial charge in [0.05, 0.1) is 5.41 Å². The number of nitrogens with zero attached hydrogens (tertiary/aromatic N) is 2. The average molecular weight is 439 g/mol. The Balaban J connectivity index is 1.00. The Morgan fingerprint density at radius 1 is 0.594 bits per heavy atom. The van der Waals surface area contributed by atoms with Crippen molar-refractivity contribution >= 4 is 11.8 Å². The SMILES string of the molecule is O=C(CC12CC3CC(CC(C3)C1)C2)N1CCCN(C(=O)C23CC4CC(CC(C4)C2)C3)CC1. The first-order chi connectivity index (χ1) is 15.5. The van der Waals surface area contributed by atoms with Crippen molar-refractivity contribution in [3.63, 3.8) is 0 Å². The summed E-state index contributed by atoms with van der Waals surface area (Å²) in [5, 5.41) is 0. The summed E-state index contributed by atoms with van der Waals surface area (Å²) in [6.45, 7) is 3.26. The molecule has 9 fully saturated rings. The van der Waals surface area contributed by atoms with Crippen LogP contribution in [0.4, 0.5) is 0 Å². The van der Waals surface area contributed by atoms with E-state index in [1.807, 2.05) is 0 Å². The zero-order valence-corrected chi connectivity index (χ0v) is 19.9.